The van der Waals surface area contributed by atoms with E-state index in [1.165, 1.54) is 12.1 Å². The van der Waals surface area contributed by atoms with E-state index in [1.807, 2.05) is 44.2 Å². The molecule has 2 rings (SSSR count). The summed E-state index contributed by atoms with van der Waals surface area (Å²) in [5, 5.41) is 7.12. The number of aliphatic imine (C=N–C) groups is 1. The van der Waals surface area contributed by atoms with E-state index in [-0.39, 0.29) is 7.24 Å². The molecular weight excluding hydrogens is 349 g/mol. The third-order valence-corrected chi connectivity index (χ3v) is 4.04. The van der Waals surface area contributed by atoms with E-state index in [9.17, 15) is 4.39 Å². The van der Waals surface area contributed by atoms with Crippen molar-refractivity contribution in [1.29, 1.82) is 0 Å². The number of aromatic nitrogens is 2. The van der Waals surface area contributed by atoms with Crippen molar-refractivity contribution in [1.82, 2.24) is 10.2 Å². The van der Waals surface area contributed by atoms with Gasteiger partial charge in [0, 0.05) is 13.2 Å². The molecule has 0 spiro atoms. The van der Waals surface area contributed by atoms with Crippen LogP contribution in [0.5, 0.6) is 0 Å². The number of aromatic amines is 1. The van der Waals surface area contributed by atoms with Crippen LogP contribution in [0.4, 0.5) is 4.39 Å². The number of hydrogen-bond donors (Lipinski definition) is 1. The highest BCUT2D eigenvalue weighted by Gasteiger charge is 2.05. The lowest BCUT2D eigenvalue weighted by Gasteiger charge is -2.02. The molecule has 0 aliphatic rings. The molecule has 0 amide bonds. The van der Waals surface area contributed by atoms with Crippen LogP contribution in [0.3, 0.4) is 0 Å². The molecule has 0 radical (unpaired) electrons. The first-order valence-corrected chi connectivity index (χ1v) is 8.89. The van der Waals surface area contributed by atoms with Crippen LogP contribution >= 0.6 is 0 Å². The molecule has 0 bridgehead atoms. The number of H-pyrrole nitrogens is 1. The van der Waals surface area contributed by atoms with Gasteiger partial charge in [-0.05, 0) is 42.7 Å². The Balaban J connectivity index is 0.00000420. The third-order valence-electron chi connectivity index (χ3n) is 4.04. The highest BCUT2D eigenvalue weighted by molar-refractivity contribution is 6.00. The van der Waals surface area contributed by atoms with Gasteiger partial charge < -0.3 is 0 Å². The minimum absolute atomic E-state index is 0. The lowest BCUT2D eigenvalue weighted by atomic mass is 10.1. The van der Waals surface area contributed by atoms with Gasteiger partial charge in [0.15, 0.2) is 0 Å². The Kier molecular flexibility index (Phi) is 7.85. The molecule has 1 aromatic carbocycles. The van der Waals surface area contributed by atoms with Crippen LogP contribution in [0.1, 0.15) is 32.1 Å². The van der Waals surface area contributed by atoms with Gasteiger partial charge in [-0.1, -0.05) is 67.8 Å². The van der Waals surface area contributed by atoms with Crippen LogP contribution in [0.15, 0.2) is 96.8 Å². The van der Waals surface area contributed by atoms with Crippen LogP contribution in [0.2, 0.25) is 0 Å². The van der Waals surface area contributed by atoms with Crippen molar-refractivity contribution in [3.63, 3.8) is 0 Å². The second kappa shape index (κ2) is 10.6. The maximum Gasteiger partial charge on any atom is 0.123 e. The van der Waals surface area contributed by atoms with Crippen molar-refractivity contribution in [2.45, 2.75) is 13.8 Å². The maximum atomic E-state index is 13.1. The number of allylic oxidation sites excluding steroid dienone is 8. The van der Waals surface area contributed by atoms with Gasteiger partial charge in [0.25, 0.3) is 0 Å². The predicted octanol–water partition coefficient (Wildman–Crippen LogP) is 6.53. The first-order valence-electron chi connectivity index (χ1n) is 8.89. The molecule has 0 unspecified atom stereocenters. The number of nitrogens with one attached hydrogen (secondary N) is 1. The standard InChI is InChI=1S/C24H24FN3.H2/c1-5-8-9-19(6-2)10-11-22-17-27-28-24(22)18(4)26-16-20(7-3)21-12-14-23(25)15-13-21;/h5-17H,1,3H2,2,4H3,(H,27,28);1H/b9-8-,11-10+,19-6+,20-16+,26-18?;. The smallest absolute Gasteiger partial charge is 0.123 e. The molecule has 1 heterocycles. The molecule has 28 heavy (non-hydrogen) atoms. The summed E-state index contributed by atoms with van der Waals surface area (Å²) in [4.78, 5) is 4.54. The quantitative estimate of drug-likeness (QED) is 0.413. The zero-order chi connectivity index (χ0) is 20.4. The van der Waals surface area contributed by atoms with Crippen molar-refractivity contribution >= 4 is 17.4 Å². The van der Waals surface area contributed by atoms with E-state index in [4.69, 9.17) is 0 Å². The molecule has 0 fully saturated rings. The van der Waals surface area contributed by atoms with Gasteiger partial charge in [0.05, 0.1) is 17.6 Å². The highest BCUT2D eigenvalue weighted by atomic mass is 19.1. The largest absolute Gasteiger partial charge is 0.276 e. The Hall–Kier alpha value is -3.53. The SMILES string of the molecule is C=C\C=C/C(/C=C/c1cn[nH]c1C(C)=N/C=C(\C=C)c1ccc(F)cc1)=C\C.[HH]. The first kappa shape index (κ1) is 20.8. The Bertz CT molecular complexity index is 974. The van der Waals surface area contributed by atoms with E-state index < -0.39 is 0 Å². The Morgan fingerprint density at radius 2 is 1.96 bits per heavy atom. The second-order valence-electron chi connectivity index (χ2n) is 5.93. The molecule has 3 nitrogen and oxygen atoms in total. The molecule has 0 saturated carbocycles. The van der Waals surface area contributed by atoms with Gasteiger partial charge in [0.1, 0.15) is 5.82 Å². The van der Waals surface area contributed by atoms with Crippen LogP contribution in [0.25, 0.3) is 11.6 Å². The fourth-order valence-corrected chi connectivity index (χ4v) is 2.44. The van der Waals surface area contributed by atoms with Gasteiger partial charge in [-0.3, -0.25) is 10.1 Å². The van der Waals surface area contributed by atoms with Gasteiger partial charge in [0.2, 0.25) is 0 Å². The summed E-state index contributed by atoms with van der Waals surface area (Å²) in [5.74, 6) is -0.274. The molecule has 1 aromatic heterocycles. The number of halogens is 1. The number of hydrogen-bond acceptors (Lipinski definition) is 2. The van der Waals surface area contributed by atoms with Gasteiger partial charge in [-0.15, -0.1) is 0 Å². The summed E-state index contributed by atoms with van der Waals surface area (Å²) < 4.78 is 13.1. The molecule has 0 aliphatic heterocycles. The van der Waals surface area contributed by atoms with Gasteiger partial charge >= 0.3 is 0 Å². The van der Waals surface area contributed by atoms with Crippen molar-refractivity contribution in [3.8, 4) is 0 Å². The first-order chi connectivity index (χ1) is 13.6. The summed E-state index contributed by atoms with van der Waals surface area (Å²) in [6, 6.07) is 6.24. The summed E-state index contributed by atoms with van der Waals surface area (Å²) in [6.07, 6.45) is 16.8. The molecule has 0 saturated heterocycles. The summed E-state index contributed by atoms with van der Waals surface area (Å²) >= 11 is 0. The van der Waals surface area contributed by atoms with Crippen molar-refractivity contribution in [3.05, 3.63) is 114 Å². The molecule has 1 N–H and O–H groups in total. The van der Waals surface area contributed by atoms with E-state index in [2.05, 4.69) is 28.3 Å². The van der Waals surface area contributed by atoms with Gasteiger partial charge in [-0.25, -0.2) is 4.39 Å². The van der Waals surface area contributed by atoms with E-state index in [0.29, 0.717) is 0 Å². The van der Waals surface area contributed by atoms with Crippen LogP contribution in [-0.4, -0.2) is 15.9 Å². The predicted molar refractivity (Wildman–Crippen MR) is 120 cm³/mol. The van der Waals surface area contributed by atoms with E-state index >= 15 is 0 Å². The minimum Gasteiger partial charge on any atom is -0.276 e. The molecule has 2 aromatic rings. The molecule has 0 aliphatic carbocycles. The lowest BCUT2D eigenvalue weighted by molar-refractivity contribution is 0.627. The van der Waals surface area contributed by atoms with Gasteiger partial charge in [-0.2, -0.15) is 5.10 Å². The average Bonchev–Trinajstić information content (AvgIpc) is 3.18. The molecule has 0 atom stereocenters. The van der Waals surface area contributed by atoms with Crippen LogP contribution in [0, 0.1) is 5.82 Å². The van der Waals surface area contributed by atoms with E-state index in [0.717, 1.165) is 33.7 Å². The van der Waals surface area contributed by atoms with Crippen LogP contribution < -0.4 is 0 Å². The second-order valence-corrected chi connectivity index (χ2v) is 5.93. The summed E-state index contributed by atoms with van der Waals surface area (Å²) in [5.41, 5.74) is 5.27. The average molecular weight is 375 g/mol. The van der Waals surface area contributed by atoms with Crippen molar-refractivity contribution in [2.75, 3.05) is 0 Å². The maximum absolute atomic E-state index is 13.1. The minimum atomic E-state index is -0.274. The number of benzene rings is 1. The van der Waals surface area contributed by atoms with Crippen molar-refractivity contribution in [2.24, 2.45) is 4.99 Å². The zero-order valence-electron chi connectivity index (χ0n) is 16.2. The molecule has 144 valence electrons. The number of rotatable bonds is 8. The normalized spacial score (nSPS) is 13.5. The Morgan fingerprint density at radius 3 is 2.61 bits per heavy atom. The third kappa shape index (κ3) is 5.74. The van der Waals surface area contributed by atoms with Crippen molar-refractivity contribution < 1.29 is 5.82 Å². The van der Waals surface area contributed by atoms with Crippen LogP contribution in [-0.2, 0) is 0 Å². The monoisotopic (exact) mass is 375 g/mol. The molecule has 4 heteroatoms. The number of nitrogens with zero attached hydrogens (tertiary/aromatic N) is 2. The van der Waals surface area contributed by atoms with E-state index in [1.54, 1.807) is 36.7 Å². The molecular formula is C24H26FN3. The highest BCUT2D eigenvalue weighted by Crippen LogP contribution is 2.17. The fraction of sp³-hybridized carbons (Fsp3) is 0.0833. The Morgan fingerprint density at radius 1 is 1.21 bits per heavy atom. The fourth-order valence-electron chi connectivity index (χ4n) is 2.44. The lowest BCUT2D eigenvalue weighted by Crippen LogP contribution is -1.97. The topological polar surface area (TPSA) is 41.0 Å². The zero-order valence-corrected chi connectivity index (χ0v) is 16.2. The Labute approximate surface area is 167 Å². The summed E-state index contributed by atoms with van der Waals surface area (Å²) in [7, 11) is 0. The summed E-state index contributed by atoms with van der Waals surface area (Å²) in [6.45, 7) is 11.4.